The Labute approximate surface area is 167 Å². The van der Waals surface area contributed by atoms with Crippen molar-refractivity contribution in [2.24, 2.45) is 0 Å². The van der Waals surface area contributed by atoms with Crippen molar-refractivity contribution in [3.63, 3.8) is 0 Å². The second-order valence-corrected chi connectivity index (χ2v) is 7.57. The van der Waals surface area contributed by atoms with Gasteiger partial charge in [-0.2, -0.15) is 0 Å². The normalized spacial score (nSPS) is 21.3. The number of benzene rings is 2. The molecule has 1 N–H and O–H groups in total. The zero-order valence-electron chi connectivity index (χ0n) is 14.5. The van der Waals surface area contributed by atoms with Crippen molar-refractivity contribution in [3.8, 4) is 5.75 Å². The van der Waals surface area contributed by atoms with Gasteiger partial charge in [0.05, 0.1) is 11.6 Å². The molecule has 7 heteroatoms. The minimum Gasteiger partial charge on any atom is -0.490 e. The van der Waals surface area contributed by atoms with E-state index < -0.39 is 5.54 Å². The highest BCUT2D eigenvalue weighted by Gasteiger charge is 2.53. The van der Waals surface area contributed by atoms with Crippen LogP contribution in [0.5, 0.6) is 5.75 Å². The van der Waals surface area contributed by atoms with Crippen LogP contribution in [0.3, 0.4) is 0 Å². The zero-order chi connectivity index (χ0) is 19.0. The average Bonchev–Trinajstić information content (AvgIpc) is 2.88. The molecule has 1 fully saturated rings. The predicted octanol–water partition coefficient (Wildman–Crippen LogP) is 4.16. The maximum absolute atomic E-state index is 13.2. The number of aryl methyl sites for hydroxylation is 1. The lowest BCUT2D eigenvalue weighted by molar-refractivity contribution is -0.132. The Bertz CT molecular complexity index is 918. The summed E-state index contributed by atoms with van der Waals surface area (Å²) in [4.78, 5) is 26.9. The molecule has 0 bridgehead atoms. The average molecular weight is 405 g/mol. The van der Waals surface area contributed by atoms with E-state index in [4.69, 9.17) is 27.9 Å². The van der Waals surface area contributed by atoms with Crippen molar-refractivity contribution < 1.29 is 14.3 Å². The molecule has 1 aliphatic carbocycles. The summed E-state index contributed by atoms with van der Waals surface area (Å²) in [5.74, 6) is 0.247. The Hall–Kier alpha value is -2.24. The van der Waals surface area contributed by atoms with E-state index in [9.17, 15) is 9.59 Å². The van der Waals surface area contributed by atoms with Crippen LogP contribution in [0.25, 0.3) is 0 Å². The topological polar surface area (TPSA) is 58.6 Å². The van der Waals surface area contributed by atoms with Crippen molar-refractivity contribution in [2.45, 2.75) is 24.8 Å². The van der Waals surface area contributed by atoms with Gasteiger partial charge in [-0.25, -0.2) is 4.79 Å². The Morgan fingerprint density at radius 3 is 2.78 bits per heavy atom. The third kappa shape index (κ3) is 3.15. The van der Waals surface area contributed by atoms with Crippen molar-refractivity contribution in [1.29, 1.82) is 0 Å². The van der Waals surface area contributed by atoms with Crippen molar-refractivity contribution in [2.75, 3.05) is 13.2 Å². The fourth-order valence-corrected chi connectivity index (χ4v) is 4.32. The number of rotatable bonds is 4. The summed E-state index contributed by atoms with van der Waals surface area (Å²) in [6.07, 6.45) is 2.38. The number of amides is 3. The Morgan fingerprint density at radius 1 is 1.15 bits per heavy atom. The van der Waals surface area contributed by atoms with Gasteiger partial charge in [-0.15, -0.1) is 0 Å². The minimum atomic E-state index is -0.955. The van der Waals surface area contributed by atoms with Gasteiger partial charge in [0.25, 0.3) is 5.91 Å². The molecule has 1 atom stereocenters. The molecule has 4 rings (SSSR count). The number of carbonyl (C=O) groups excluding carboxylic acids is 2. The fourth-order valence-electron chi connectivity index (χ4n) is 3.85. The van der Waals surface area contributed by atoms with Crippen LogP contribution < -0.4 is 10.1 Å². The van der Waals surface area contributed by atoms with Gasteiger partial charge in [-0.3, -0.25) is 9.69 Å². The summed E-state index contributed by atoms with van der Waals surface area (Å²) < 4.78 is 5.63. The number of nitrogens with one attached hydrogen (secondary N) is 1. The molecule has 2 aromatic rings. The quantitative estimate of drug-likeness (QED) is 0.778. The predicted molar refractivity (Wildman–Crippen MR) is 103 cm³/mol. The first-order valence-corrected chi connectivity index (χ1v) is 9.57. The lowest BCUT2D eigenvalue weighted by atomic mass is 9.76. The maximum atomic E-state index is 13.2. The summed E-state index contributed by atoms with van der Waals surface area (Å²) in [6.45, 7) is 0.297. The van der Waals surface area contributed by atoms with Crippen LogP contribution in [0.15, 0.2) is 42.5 Å². The van der Waals surface area contributed by atoms with Crippen LogP contribution in [-0.2, 0) is 16.8 Å². The molecule has 0 unspecified atom stereocenters. The SMILES string of the molecule is O=C1N[C@@]2(CCCc3ccccc32)C(=O)N1CCOc1ccc(Cl)cc1Cl. The molecular weight excluding hydrogens is 387 g/mol. The monoisotopic (exact) mass is 404 g/mol. The molecule has 1 heterocycles. The molecule has 27 heavy (non-hydrogen) atoms. The molecule has 3 amide bonds. The summed E-state index contributed by atoms with van der Waals surface area (Å²) in [5, 5.41) is 3.83. The van der Waals surface area contributed by atoms with E-state index >= 15 is 0 Å². The fraction of sp³-hybridized carbons (Fsp3) is 0.300. The Morgan fingerprint density at radius 2 is 1.96 bits per heavy atom. The van der Waals surface area contributed by atoms with Crippen LogP contribution in [0.1, 0.15) is 24.0 Å². The largest absolute Gasteiger partial charge is 0.490 e. The summed E-state index contributed by atoms with van der Waals surface area (Å²) in [7, 11) is 0. The number of halogens is 2. The number of imide groups is 1. The molecule has 5 nitrogen and oxygen atoms in total. The van der Waals surface area contributed by atoms with Crippen LogP contribution in [-0.4, -0.2) is 30.0 Å². The summed E-state index contributed by atoms with van der Waals surface area (Å²) in [6, 6.07) is 12.3. The summed E-state index contributed by atoms with van der Waals surface area (Å²) in [5.41, 5.74) is 1.06. The van der Waals surface area contributed by atoms with Crippen LogP contribution in [0, 0.1) is 0 Å². The van der Waals surface area contributed by atoms with Crippen molar-refractivity contribution in [3.05, 3.63) is 63.6 Å². The second kappa shape index (κ2) is 7.06. The molecule has 1 saturated heterocycles. The third-order valence-corrected chi connectivity index (χ3v) is 5.65. The number of hydrogen-bond acceptors (Lipinski definition) is 3. The van der Waals surface area contributed by atoms with Crippen LogP contribution in [0.4, 0.5) is 4.79 Å². The van der Waals surface area contributed by atoms with Gasteiger partial charge in [0.1, 0.15) is 17.9 Å². The Balaban J connectivity index is 1.49. The molecule has 1 spiro atoms. The molecule has 2 aromatic carbocycles. The molecule has 140 valence electrons. The van der Waals surface area contributed by atoms with E-state index in [0.717, 1.165) is 24.0 Å². The van der Waals surface area contributed by atoms with Gasteiger partial charge in [-0.05, 0) is 48.6 Å². The van der Waals surface area contributed by atoms with E-state index in [-0.39, 0.29) is 25.1 Å². The first-order valence-electron chi connectivity index (χ1n) is 8.81. The minimum absolute atomic E-state index is 0.146. The van der Waals surface area contributed by atoms with Gasteiger partial charge in [-0.1, -0.05) is 47.5 Å². The smallest absolute Gasteiger partial charge is 0.325 e. The van der Waals surface area contributed by atoms with Crippen molar-refractivity contribution in [1.82, 2.24) is 10.2 Å². The zero-order valence-corrected chi connectivity index (χ0v) is 16.0. The van der Waals surface area contributed by atoms with Crippen LogP contribution in [0.2, 0.25) is 10.0 Å². The number of nitrogens with zero attached hydrogens (tertiary/aromatic N) is 1. The van der Waals surface area contributed by atoms with E-state index in [0.29, 0.717) is 22.2 Å². The highest BCUT2D eigenvalue weighted by atomic mass is 35.5. The van der Waals surface area contributed by atoms with E-state index in [1.807, 2.05) is 24.3 Å². The van der Waals surface area contributed by atoms with E-state index in [1.54, 1.807) is 18.2 Å². The number of ether oxygens (including phenoxy) is 1. The highest BCUT2D eigenvalue weighted by molar-refractivity contribution is 6.35. The summed E-state index contributed by atoms with van der Waals surface area (Å²) >= 11 is 12.0. The third-order valence-electron chi connectivity index (χ3n) is 5.12. The molecule has 1 aliphatic heterocycles. The van der Waals surface area contributed by atoms with Gasteiger partial charge in [0.2, 0.25) is 0 Å². The number of carbonyl (C=O) groups is 2. The molecule has 0 saturated carbocycles. The number of hydrogen-bond donors (Lipinski definition) is 1. The first kappa shape index (κ1) is 18.1. The van der Waals surface area contributed by atoms with Crippen LogP contribution >= 0.6 is 23.2 Å². The second-order valence-electron chi connectivity index (χ2n) is 6.73. The van der Waals surface area contributed by atoms with E-state index in [1.165, 1.54) is 4.90 Å². The molecule has 0 aromatic heterocycles. The molecular formula is C20H18Cl2N2O3. The lowest BCUT2D eigenvalue weighted by Gasteiger charge is -2.33. The first-order chi connectivity index (χ1) is 13.0. The van der Waals surface area contributed by atoms with Gasteiger partial charge >= 0.3 is 6.03 Å². The van der Waals surface area contributed by atoms with Gasteiger partial charge in [0, 0.05) is 5.02 Å². The number of urea groups is 1. The lowest BCUT2D eigenvalue weighted by Crippen LogP contribution is -2.46. The molecule has 0 radical (unpaired) electrons. The van der Waals surface area contributed by atoms with Crippen molar-refractivity contribution >= 4 is 35.1 Å². The Kier molecular flexibility index (Phi) is 4.74. The number of fused-ring (bicyclic) bond motifs is 2. The molecule has 2 aliphatic rings. The maximum Gasteiger partial charge on any atom is 0.325 e. The standard InChI is InChI=1S/C20H18Cl2N2O3/c21-14-7-8-17(16(22)12-14)27-11-10-24-18(25)20(23-19(24)26)9-3-5-13-4-1-2-6-15(13)20/h1-2,4,6-8,12H,3,5,9-11H2,(H,23,26)/t20-/m1/s1. The van der Waals surface area contributed by atoms with Gasteiger partial charge in [0.15, 0.2) is 0 Å². The van der Waals surface area contributed by atoms with Gasteiger partial charge < -0.3 is 10.1 Å². The highest BCUT2D eigenvalue weighted by Crippen LogP contribution is 2.39. The van der Waals surface area contributed by atoms with E-state index in [2.05, 4.69) is 5.32 Å².